The Morgan fingerprint density at radius 3 is 1.71 bits per heavy atom. The van der Waals surface area contributed by atoms with Crippen molar-refractivity contribution in [3.63, 3.8) is 0 Å². The minimum atomic E-state index is 0.982. The van der Waals surface area contributed by atoms with Gasteiger partial charge < -0.3 is 0 Å². The van der Waals surface area contributed by atoms with Gasteiger partial charge in [-0.3, -0.25) is 0 Å². The zero-order valence-electron chi connectivity index (χ0n) is 11.6. The Balaban J connectivity index is 2.02. The molecular weight excluding hydrogens is 272 g/mol. The molecule has 0 nitrogen and oxygen atoms in total. The van der Waals surface area contributed by atoms with Crippen LogP contribution < -0.4 is 0 Å². The van der Waals surface area contributed by atoms with Crippen molar-refractivity contribution < 1.29 is 0 Å². The number of hydrogen-bond donors (Lipinski definition) is 0. The molecule has 4 aromatic rings. The lowest BCUT2D eigenvalue weighted by molar-refractivity contribution is 1.23. The standard InChI is InChI=1S/C20H15S/c1-2-8-15(9-3-1)14-18-16-10-4-6-12-19(16)21-20-13-7-5-11-17(18)20/h1-13H,14H2/q+1. The van der Waals surface area contributed by atoms with Crippen molar-refractivity contribution in [2.45, 2.75) is 6.42 Å². The monoisotopic (exact) mass is 287 g/mol. The molecule has 0 aliphatic rings. The van der Waals surface area contributed by atoms with Crippen LogP contribution in [0.1, 0.15) is 11.1 Å². The van der Waals surface area contributed by atoms with Crippen LogP contribution in [0.15, 0.2) is 78.9 Å². The van der Waals surface area contributed by atoms with Crippen LogP contribution in [0.5, 0.6) is 0 Å². The highest BCUT2D eigenvalue weighted by Crippen LogP contribution is 2.33. The van der Waals surface area contributed by atoms with E-state index in [1.807, 2.05) is 11.3 Å². The van der Waals surface area contributed by atoms with Gasteiger partial charge in [-0.25, -0.2) is 0 Å². The third-order valence-electron chi connectivity index (χ3n) is 3.87. The SMILES string of the molecule is c1ccc(Cc2c3ccccc3[s+]c3ccccc23)cc1. The van der Waals surface area contributed by atoms with E-state index in [0.29, 0.717) is 0 Å². The quantitative estimate of drug-likeness (QED) is 0.317. The third-order valence-corrected chi connectivity index (χ3v) is 5.02. The lowest BCUT2D eigenvalue weighted by Gasteiger charge is -2.06. The van der Waals surface area contributed by atoms with Gasteiger partial charge in [0.15, 0.2) is 0 Å². The van der Waals surface area contributed by atoms with Crippen LogP contribution in [0.2, 0.25) is 0 Å². The first-order chi connectivity index (χ1) is 10.4. The van der Waals surface area contributed by atoms with Gasteiger partial charge in [0.2, 0.25) is 20.7 Å². The van der Waals surface area contributed by atoms with E-state index in [9.17, 15) is 0 Å². The van der Waals surface area contributed by atoms with E-state index in [1.165, 1.54) is 31.3 Å². The molecule has 1 heteroatoms. The predicted octanol–water partition coefficient (Wildman–Crippen LogP) is 5.93. The molecule has 4 rings (SSSR count). The van der Waals surface area contributed by atoms with Gasteiger partial charge in [0.05, 0.1) is 0 Å². The molecule has 0 atom stereocenters. The van der Waals surface area contributed by atoms with Gasteiger partial charge in [0.1, 0.15) is 0 Å². The van der Waals surface area contributed by atoms with Crippen LogP contribution in [0.4, 0.5) is 0 Å². The van der Waals surface area contributed by atoms with Gasteiger partial charge in [-0.2, -0.15) is 0 Å². The van der Waals surface area contributed by atoms with E-state index in [1.54, 1.807) is 0 Å². The van der Waals surface area contributed by atoms with E-state index in [4.69, 9.17) is 0 Å². The van der Waals surface area contributed by atoms with Crippen molar-refractivity contribution in [2.24, 2.45) is 0 Å². The fourth-order valence-electron chi connectivity index (χ4n) is 2.86. The van der Waals surface area contributed by atoms with E-state index in [-0.39, 0.29) is 0 Å². The molecular formula is C20H15S+. The fourth-order valence-corrected chi connectivity index (χ4v) is 4.00. The Bertz CT molecular complexity index is 856. The molecule has 1 heterocycles. The molecule has 0 saturated carbocycles. The molecule has 100 valence electrons. The molecule has 1 aromatic heterocycles. The van der Waals surface area contributed by atoms with Crippen LogP contribution in [-0.4, -0.2) is 0 Å². The highest BCUT2D eigenvalue weighted by molar-refractivity contribution is 7.24. The summed E-state index contributed by atoms with van der Waals surface area (Å²) >= 11 is 1.88. The maximum Gasteiger partial charge on any atom is 0.239 e. The fraction of sp³-hybridized carbons (Fsp3) is 0.0500. The molecule has 0 aliphatic carbocycles. The van der Waals surface area contributed by atoms with E-state index in [0.717, 1.165) is 6.42 Å². The van der Waals surface area contributed by atoms with Gasteiger partial charge in [0, 0.05) is 22.9 Å². The third kappa shape index (κ3) is 2.30. The summed E-state index contributed by atoms with van der Waals surface area (Å²) in [5, 5.41) is 2.76. The zero-order valence-corrected chi connectivity index (χ0v) is 12.4. The molecule has 0 spiro atoms. The average molecular weight is 287 g/mol. The first kappa shape index (κ1) is 12.5. The Labute approximate surface area is 128 Å². The van der Waals surface area contributed by atoms with E-state index in [2.05, 4.69) is 78.9 Å². The minimum Gasteiger partial charge on any atom is -0.0622 e. The van der Waals surface area contributed by atoms with Gasteiger partial charge in [-0.1, -0.05) is 54.6 Å². The molecule has 0 bridgehead atoms. The molecule has 0 N–H and O–H groups in total. The number of fused-ring (bicyclic) bond motifs is 2. The van der Waals surface area contributed by atoms with Crippen molar-refractivity contribution in [2.75, 3.05) is 0 Å². The summed E-state index contributed by atoms with van der Waals surface area (Å²) in [7, 11) is 0. The number of rotatable bonds is 2. The topological polar surface area (TPSA) is 0 Å². The summed E-state index contributed by atoms with van der Waals surface area (Å²) in [6, 6.07) is 28.2. The first-order valence-electron chi connectivity index (χ1n) is 7.18. The molecule has 0 aliphatic heterocycles. The summed E-state index contributed by atoms with van der Waals surface area (Å²) in [5.74, 6) is 0. The summed E-state index contributed by atoms with van der Waals surface area (Å²) < 4.78 is 2.73. The summed E-state index contributed by atoms with van der Waals surface area (Å²) in [6.07, 6.45) is 0.982. The molecule has 0 saturated heterocycles. The van der Waals surface area contributed by atoms with Gasteiger partial charge in [-0.15, -0.1) is 0 Å². The molecule has 0 radical (unpaired) electrons. The van der Waals surface area contributed by atoms with Crippen LogP contribution in [0.25, 0.3) is 20.2 Å². The lowest BCUT2D eigenvalue weighted by atomic mass is 9.99. The molecule has 3 aromatic carbocycles. The Kier molecular flexibility index (Phi) is 3.13. The largest absolute Gasteiger partial charge is 0.239 e. The molecule has 21 heavy (non-hydrogen) atoms. The Hall–Kier alpha value is -2.25. The van der Waals surface area contributed by atoms with Crippen molar-refractivity contribution in [1.82, 2.24) is 0 Å². The van der Waals surface area contributed by atoms with Gasteiger partial charge in [-0.05, 0) is 29.7 Å². The maximum absolute atomic E-state index is 2.25. The predicted molar refractivity (Wildman–Crippen MR) is 93.0 cm³/mol. The highest BCUT2D eigenvalue weighted by atomic mass is 32.1. The van der Waals surface area contributed by atoms with Crippen LogP contribution in [0, 0.1) is 0 Å². The molecule has 0 amide bonds. The number of benzene rings is 3. The Morgan fingerprint density at radius 1 is 0.571 bits per heavy atom. The first-order valence-corrected chi connectivity index (χ1v) is 8.00. The van der Waals surface area contributed by atoms with Crippen LogP contribution >= 0.6 is 11.3 Å². The van der Waals surface area contributed by atoms with Crippen LogP contribution in [-0.2, 0) is 6.42 Å². The Morgan fingerprint density at radius 2 is 1.10 bits per heavy atom. The highest BCUT2D eigenvalue weighted by Gasteiger charge is 2.16. The van der Waals surface area contributed by atoms with Gasteiger partial charge >= 0.3 is 0 Å². The summed E-state index contributed by atoms with van der Waals surface area (Å²) in [6.45, 7) is 0. The second-order valence-electron chi connectivity index (χ2n) is 5.24. The van der Waals surface area contributed by atoms with Crippen molar-refractivity contribution in [3.8, 4) is 0 Å². The average Bonchev–Trinajstić information content (AvgIpc) is 2.55. The van der Waals surface area contributed by atoms with E-state index >= 15 is 0 Å². The second-order valence-corrected chi connectivity index (χ2v) is 6.32. The summed E-state index contributed by atoms with van der Waals surface area (Å²) in [5.41, 5.74) is 2.80. The van der Waals surface area contributed by atoms with Crippen LogP contribution in [0.3, 0.4) is 0 Å². The van der Waals surface area contributed by atoms with E-state index < -0.39 is 0 Å². The van der Waals surface area contributed by atoms with Crippen molar-refractivity contribution in [3.05, 3.63) is 90.0 Å². The normalized spacial score (nSPS) is 11.0. The smallest absolute Gasteiger partial charge is 0.0622 e. The lowest BCUT2D eigenvalue weighted by Crippen LogP contribution is -1.91. The van der Waals surface area contributed by atoms with Gasteiger partial charge in [0.25, 0.3) is 0 Å². The second kappa shape index (κ2) is 5.27. The maximum atomic E-state index is 2.25. The van der Waals surface area contributed by atoms with Crippen molar-refractivity contribution >= 4 is 31.5 Å². The molecule has 0 fully saturated rings. The van der Waals surface area contributed by atoms with Crippen molar-refractivity contribution in [1.29, 1.82) is 0 Å². The zero-order chi connectivity index (χ0) is 14.1. The number of hydrogen-bond acceptors (Lipinski definition) is 0. The minimum absolute atomic E-state index is 0.982. The molecule has 0 unspecified atom stereocenters. The summed E-state index contributed by atoms with van der Waals surface area (Å²) in [4.78, 5) is 0.